The maximum absolute atomic E-state index is 5.79. The fraction of sp³-hybridized carbons (Fsp3) is 0.500. The second kappa shape index (κ2) is 6.31. The van der Waals surface area contributed by atoms with Gasteiger partial charge in [0.2, 0.25) is 0 Å². The maximum Gasteiger partial charge on any atom is 0.138 e. The molecular weight excluding hydrogens is 270 g/mol. The molecule has 1 N–H and O–H groups in total. The summed E-state index contributed by atoms with van der Waals surface area (Å²) < 4.78 is 5.18. The number of aryl methyl sites for hydroxylation is 1. The molecule has 2 aromatic heterocycles. The summed E-state index contributed by atoms with van der Waals surface area (Å²) in [5, 5.41) is 4.45. The Morgan fingerprint density at radius 1 is 1.50 bits per heavy atom. The minimum absolute atomic E-state index is 0.172. The Morgan fingerprint density at radius 3 is 3.06 bits per heavy atom. The minimum Gasteiger partial charge on any atom is -0.383 e. The number of aromatic nitrogens is 2. The Labute approximate surface area is 115 Å². The Hall–Kier alpha value is -0.910. The third-order valence-electron chi connectivity index (χ3n) is 2.62. The molecule has 0 aromatic carbocycles. The number of nitrogens with zero attached hydrogens (tertiary/aromatic N) is 2. The van der Waals surface area contributed by atoms with Crippen molar-refractivity contribution >= 4 is 39.0 Å². The fourth-order valence-electron chi connectivity index (χ4n) is 1.81. The third-order valence-corrected chi connectivity index (χ3v) is 3.80. The van der Waals surface area contributed by atoms with Crippen molar-refractivity contribution in [3.8, 4) is 0 Å². The zero-order valence-electron chi connectivity index (χ0n) is 10.4. The molecule has 0 aliphatic carbocycles. The summed E-state index contributed by atoms with van der Waals surface area (Å²) in [6.07, 6.45) is 2.43. The molecule has 0 amide bonds. The fourth-order valence-corrected chi connectivity index (χ4v) is 2.93. The Balaban J connectivity index is 2.23. The molecule has 18 heavy (non-hydrogen) atoms. The summed E-state index contributed by atoms with van der Waals surface area (Å²) in [6.45, 7) is 2.68. The predicted molar refractivity (Wildman–Crippen MR) is 76.8 cm³/mol. The van der Waals surface area contributed by atoms with Crippen LogP contribution in [-0.4, -0.2) is 35.6 Å². The SMILES string of the molecule is COCC(CCCl)Nc1ncnc2sc(C)cc12. The highest BCUT2D eigenvalue weighted by molar-refractivity contribution is 7.18. The number of fused-ring (bicyclic) bond motifs is 1. The van der Waals surface area contributed by atoms with E-state index < -0.39 is 0 Å². The molecule has 0 spiro atoms. The van der Waals surface area contributed by atoms with Crippen molar-refractivity contribution in [2.24, 2.45) is 0 Å². The molecule has 1 atom stereocenters. The van der Waals surface area contributed by atoms with Crippen LogP contribution in [0, 0.1) is 6.92 Å². The minimum atomic E-state index is 0.172. The number of nitrogens with one attached hydrogen (secondary N) is 1. The lowest BCUT2D eigenvalue weighted by molar-refractivity contribution is 0.184. The number of thiophene rings is 1. The summed E-state index contributed by atoms with van der Waals surface area (Å²) in [5.41, 5.74) is 0. The molecular formula is C12H16ClN3OS. The van der Waals surface area contributed by atoms with Gasteiger partial charge in [0.25, 0.3) is 0 Å². The molecule has 2 heterocycles. The van der Waals surface area contributed by atoms with E-state index in [9.17, 15) is 0 Å². The van der Waals surface area contributed by atoms with Crippen LogP contribution < -0.4 is 5.32 Å². The standard InChI is InChI=1S/C12H16ClN3OS/c1-8-5-10-11(14-7-15-12(10)18-8)16-9(3-4-13)6-17-2/h5,7,9H,3-4,6H2,1-2H3,(H,14,15,16). The van der Waals surface area contributed by atoms with Gasteiger partial charge in [0.15, 0.2) is 0 Å². The summed E-state index contributed by atoms with van der Waals surface area (Å²) in [7, 11) is 1.69. The van der Waals surface area contributed by atoms with Crippen LogP contribution in [0.3, 0.4) is 0 Å². The van der Waals surface area contributed by atoms with Crippen LogP contribution in [0.25, 0.3) is 10.2 Å². The first kappa shape index (κ1) is 13.5. The molecule has 0 saturated carbocycles. The van der Waals surface area contributed by atoms with Crippen LogP contribution in [0.4, 0.5) is 5.82 Å². The van der Waals surface area contributed by atoms with E-state index in [1.165, 1.54) is 4.88 Å². The zero-order chi connectivity index (χ0) is 13.0. The van der Waals surface area contributed by atoms with Gasteiger partial charge in [-0.3, -0.25) is 0 Å². The van der Waals surface area contributed by atoms with Gasteiger partial charge in [-0.2, -0.15) is 0 Å². The van der Waals surface area contributed by atoms with Gasteiger partial charge in [0.05, 0.1) is 18.0 Å². The topological polar surface area (TPSA) is 47.0 Å². The lowest BCUT2D eigenvalue weighted by Crippen LogP contribution is -2.26. The van der Waals surface area contributed by atoms with Gasteiger partial charge in [0, 0.05) is 17.9 Å². The lowest BCUT2D eigenvalue weighted by atomic mass is 10.2. The number of alkyl halides is 1. The highest BCUT2D eigenvalue weighted by Gasteiger charge is 2.12. The van der Waals surface area contributed by atoms with E-state index in [1.807, 2.05) is 0 Å². The molecule has 0 aliphatic heterocycles. The van der Waals surface area contributed by atoms with Crippen LogP contribution in [0.1, 0.15) is 11.3 Å². The molecule has 98 valence electrons. The van der Waals surface area contributed by atoms with Gasteiger partial charge in [-0.05, 0) is 19.4 Å². The van der Waals surface area contributed by atoms with E-state index >= 15 is 0 Å². The first-order valence-electron chi connectivity index (χ1n) is 5.77. The second-order valence-electron chi connectivity index (χ2n) is 4.07. The van der Waals surface area contributed by atoms with E-state index in [2.05, 4.69) is 28.3 Å². The van der Waals surface area contributed by atoms with E-state index in [1.54, 1.807) is 24.8 Å². The summed E-state index contributed by atoms with van der Waals surface area (Å²) in [6, 6.07) is 2.28. The normalized spacial score (nSPS) is 12.8. The largest absolute Gasteiger partial charge is 0.383 e. The third kappa shape index (κ3) is 3.10. The van der Waals surface area contributed by atoms with E-state index in [4.69, 9.17) is 16.3 Å². The van der Waals surface area contributed by atoms with Gasteiger partial charge >= 0.3 is 0 Å². The first-order valence-corrected chi connectivity index (χ1v) is 7.12. The van der Waals surface area contributed by atoms with Crippen molar-refractivity contribution in [1.29, 1.82) is 0 Å². The molecule has 0 saturated heterocycles. The van der Waals surface area contributed by atoms with Crippen LogP contribution in [0.5, 0.6) is 0 Å². The maximum atomic E-state index is 5.79. The lowest BCUT2D eigenvalue weighted by Gasteiger charge is -2.17. The quantitative estimate of drug-likeness (QED) is 0.829. The van der Waals surface area contributed by atoms with Crippen LogP contribution in [-0.2, 0) is 4.74 Å². The van der Waals surface area contributed by atoms with E-state index in [0.717, 1.165) is 22.5 Å². The molecule has 2 aromatic rings. The molecule has 0 fully saturated rings. The smallest absolute Gasteiger partial charge is 0.138 e. The van der Waals surface area contributed by atoms with Gasteiger partial charge in [0.1, 0.15) is 17.0 Å². The number of methoxy groups -OCH3 is 1. The molecule has 0 radical (unpaired) electrons. The van der Waals surface area contributed by atoms with E-state index in [0.29, 0.717) is 12.5 Å². The number of hydrogen-bond acceptors (Lipinski definition) is 5. The monoisotopic (exact) mass is 285 g/mol. The number of hydrogen-bond donors (Lipinski definition) is 1. The Kier molecular flexibility index (Phi) is 4.74. The van der Waals surface area contributed by atoms with Crippen LogP contribution in [0.15, 0.2) is 12.4 Å². The van der Waals surface area contributed by atoms with Crippen molar-refractivity contribution in [3.05, 3.63) is 17.3 Å². The van der Waals surface area contributed by atoms with Gasteiger partial charge in [-0.25, -0.2) is 9.97 Å². The van der Waals surface area contributed by atoms with Crippen molar-refractivity contribution in [1.82, 2.24) is 9.97 Å². The van der Waals surface area contributed by atoms with Crippen LogP contribution in [0.2, 0.25) is 0 Å². The highest BCUT2D eigenvalue weighted by Crippen LogP contribution is 2.27. The molecule has 1 unspecified atom stereocenters. The van der Waals surface area contributed by atoms with Gasteiger partial charge in [-0.15, -0.1) is 22.9 Å². The Bertz CT molecular complexity index is 511. The molecule has 2 rings (SSSR count). The van der Waals surface area contributed by atoms with Crippen LogP contribution >= 0.6 is 22.9 Å². The molecule has 0 aliphatic rings. The number of anilines is 1. The number of ether oxygens (including phenoxy) is 1. The number of halogens is 1. The van der Waals surface area contributed by atoms with Crippen molar-refractivity contribution < 1.29 is 4.74 Å². The molecule has 6 heteroatoms. The average molecular weight is 286 g/mol. The van der Waals surface area contributed by atoms with Gasteiger partial charge in [-0.1, -0.05) is 0 Å². The number of rotatable bonds is 6. The second-order valence-corrected chi connectivity index (χ2v) is 5.69. The van der Waals surface area contributed by atoms with Gasteiger partial charge < -0.3 is 10.1 Å². The molecule has 4 nitrogen and oxygen atoms in total. The average Bonchev–Trinajstić information content (AvgIpc) is 2.71. The summed E-state index contributed by atoms with van der Waals surface area (Å²) >= 11 is 7.47. The highest BCUT2D eigenvalue weighted by atomic mass is 35.5. The summed E-state index contributed by atoms with van der Waals surface area (Å²) in [5.74, 6) is 1.45. The van der Waals surface area contributed by atoms with E-state index in [-0.39, 0.29) is 6.04 Å². The zero-order valence-corrected chi connectivity index (χ0v) is 12.0. The summed E-state index contributed by atoms with van der Waals surface area (Å²) in [4.78, 5) is 10.8. The van der Waals surface area contributed by atoms with Crippen molar-refractivity contribution in [2.75, 3.05) is 24.9 Å². The van der Waals surface area contributed by atoms with Crippen molar-refractivity contribution in [3.63, 3.8) is 0 Å². The predicted octanol–water partition coefficient (Wildman–Crippen LogP) is 3.06. The van der Waals surface area contributed by atoms with Crippen molar-refractivity contribution in [2.45, 2.75) is 19.4 Å². The Morgan fingerprint density at radius 2 is 2.33 bits per heavy atom. The molecule has 0 bridgehead atoms. The first-order chi connectivity index (χ1) is 8.74.